The van der Waals surface area contributed by atoms with Gasteiger partial charge in [0.1, 0.15) is 5.82 Å². The van der Waals surface area contributed by atoms with Gasteiger partial charge in [0, 0.05) is 51.5 Å². The average Bonchev–Trinajstić information content (AvgIpc) is 3.05. The van der Waals surface area contributed by atoms with E-state index >= 15 is 0 Å². The molecule has 3 heterocycles. The molecule has 124 valence electrons. The Balaban J connectivity index is 1.51. The number of piperazine rings is 1. The van der Waals surface area contributed by atoms with E-state index in [4.69, 9.17) is 5.26 Å². The van der Waals surface area contributed by atoms with Crippen LogP contribution in [0.3, 0.4) is 0 Å². The van der Waals surface area contributed by atoms with Gasteiger partial charge in [-0.25, -0.2) is 4.98 Å². The van der Waals surface area contributed by atoms with Crippen molar-refractivity contribution in [3.8, 4) is 6.07 Å². The van der Waals surface area contributed by atoms with E-state index in [1.54, 1.807) is 29.2 Å². The minimum atomic E-state index is 0.154. The van der Waals surface area contributed by atoms with Crippen molar-refractivity contribution < 1.29 is 4.79 Å². The third-order valence-electron chi connectivity index (χ3n) is 4.15. The smallest absolute Gasteiger partial charge is 0.224 e. The van der Waals surface area contributed by atoms with Crippen LogP contribution in [0, 0.1) is 18.3 Å². The summed E-state index contributed by atoms with van der Waals surface area (Å²) in [6.45, 7) is 5.41. The third kappa shape index (κ3) is 3.71. The zero-order chi connectivity index (χ0) is 16.9. The minimum Gasteiger partial charge on any atom is -0.353 e. The summed E-state index contributed by atoms with van der Waals surface area (Å²) in [7, 11) is 0. The number of carbonyl (C=O) groups excluding carboxylic acids is 1. The fraction of sp³-hybridized carbons (Fsp3) is 0.412. The third-order valence-corrected chi connectivity index (χ3v) is 4.15. The maximum atomic E-state index is 12.3. The summed E-state index contributed by atoms with van der Waals surface area (Å²) in [5.41, 5.74) is 1.70. The van der Waals surface area contributed by atoms with Gasteiger partial charge in [-0.05, 0) is 24.6 Å². The average molecular weight is 324 g/mol. The first-order valence-electron chi connectivity index (χ1n) is 8.03. The molecule has 0 unspecified atom stereocenters. The van der Waals surface area contributed by atoms with Crippen molar-refractivity contribution in [2.75, 3.05) is 31.1 Å². The van der Waals surface area contributed by atoms with Gasteiger partial charge in [0.25, 0.3) is 0 Å². The molecule has 3 rings (SSSR count). The molecule has 1 amide bonds. The molecular formula is C17H20N6O. The number of aryl methyl sites for hydroxylation is 2. The molecule has 0 spiro atoms. The second kappa shape index (κ2) is 7.13. The number of hydrogen-bond acceptors (Lipinski definition) is 5. The summed E-state index contributed by atoms with van der Waals surface area (Å²) in [6, 6.07) is 5.61. The summed E-state index contributed by atoms with van der Waals surface area (Å²) >= 11 is 0. The Hall–Kier alpha value is -2.88. The van der Waals surface area contributed by atoms with Crippen LogP contribution in [-0.2, 0) is 11.3 Å². The summed E-state index contributed by atoms with van der Waals surface area (Å²) in [4.78, 5) is 20.7. The van der Waals surface area contributed by atoms with E-state index in [1.165, 1.54) is 0 Å². The van der Waals surface area contributed by atoms with E-state index in [1.807, 2.05) is 18.0 Å². The number of nitrogens with zero attached hydrogens (tertiary/aromatic N) is 6. The van der Waals surface area contributed by atoms with Gasteiger partial charge >= 0.3 is 0 Å². The Morgan fingerprint density at radius 2 is 2.12 bits per heavy atom. The number of amides is 1. The summed E-state index contributed by atoms with van der Waals surface area (Å²) < 4.78 is 1.81. The van der Waals surface area contributed by atoms with Crippen LogP contribution >= 0.6 is 0 Å². The molecule has 0 N–H and O–H groups in total. The van der Waals surface area contributed by atoms with Crippen molar-refractivity contribution in [1.82, 2.24) is 19.7 Å². The molecule has 0 aliphatic carbocycles. The maximum absolute atomic E-state index is 12.3. The lowest BCUT2D eigenvalue weighted by Gasteiger charge is -2.35. The number of nitriles is 1. The molecule has 7 heteroatoms. The van der Waals surface area contributed by atoms with E-state index in [9.17, 15) is 4.79 Å². The summed E-state index contributed by atoms with van der Waals surface area (Å²) in [6.07, 6.45) is 5.85. The summed E-state index contributed by atoms with van der Waals surface area (Å²) in [5.74, 6) is 0.953. The number of rotatable bonds is 4. The number of hydrogen-bond donors (Lipinski definition) is 0. The molecule has 0 saturated carbocycles. The Morgan fingerprint density at radius 1 is 1.33 bits per heavy atom. The Labute approximate surface area is 141 Å². The molecule has 0 radical (unpaired) electrons. The van der Waals surface area contributed by atoms with Crippen molar-refractivity contribution >= 4 is 11.7 Å². The quantitative estimate of drug-likeness (QED) is 0.844. The maximum Gasteiger partial charge on any atom is 0.224 e. The topological polar surface area (TPSA) is 78.0 Å². The first-order chi connectivity index (χ1) is 11.7. The normalized spacial score (nSPS) is 14.5. The first kappa shape index (κ1) is 16.0. The van der Waals surface area contributed by atoms with Crippen LogP contribution in [0.25, 0.3) is 0 Å². The van der Waals surface area contributed by atoms with Gasteiger partial charge in [0.2, 0.25) is 5.91 Å². The van der Waals surface area contributed by atoms with Crippen LogP contribution in [0.1, 0.15) is 17.5 Å². The highest BCUT2D eigenvalue weighted by Crippen LogP contribution is 2.15. The second-order valence-electron chi connectivity index (χ2n) is 5.91. The molecule has 1 saturated heterocycles. The Kier molecular flexibility index (Phi) is 4.75. The molecule has 1 aliphatic rings. The predicted molar refractivity (Wildman–Crippen MR) is 89.3 cm³/mol. The highest BCUT2D eigenvalue weighted by molar-refractivity contribution is 5.76. The standard InChI is InChI=1S/C17H20N6O/c1-14-12-20-23(13-14)5-3-17(24)22-8-6-21(7-9-22)16-10-15(11-18)2-4-19-16/h2,4,10,12-13H,3,5-9H2,1H3. The van der Waals surface area contributed by atoms with Crippen LogP contribution in [0.5, 0.6) is 0 Å². The number of anilines is 1. The van der Waals surface area contributed by atoms with Gasteiger partial charge in [0.05, 0.1) is 17.8 Å². The fourth-order valence-corrected chi connectivity index (χ4v) is 2.80. The molecule has 1 aliphatic heterocycles. The highest BCUT2D eigenvalue weighted by atomic mass is 16.2. The van der Waals surface area contributed by atoms with Gasteiger partial charge in [-0.2, -0.15) is 10.4 Å². The van der Waals surface area contributed by atoms with Crippen molar-refractivity contribution in [2.45, 2.75) is 19.9 Å². The van der Waals surface area contributed by atoms with Gasteiger partial charge in [-0.15, -0.1) is 0 Å². The Bertz CT molecular complexity index is 754. The largest absolute Gasteiger partial charge is 0.353 e. The molecular weight excluding hydrogens is 304 g/mol. The predicted octanol–water partition coefficient (Wildman–Crippen LogP) is 1.20. The van der Waals surface area contributed by atoms with Crippen molar-refractivity contribution in [1.29, 1.82) is 5.26 Å². The monoisotopic (exact) mass is 324 g/mol. The zero-order valence-corrected chi connectivity index (χ0v) is 13.7. The van der Waals surface area contributed by atoms with E-state index in [0.29, 0.717) is 31.6 Å². The molecule has 24 heavy (non-hydrogen) atoms. The lowest BCUT2D eigenvalue weighted by atomic mass is 10.2. The van der Waals surface area contributed by atoms with E-state index in [0.717, 1.165) is 24.5 Å². The number of aromatic nitrogens is 3. The lowest BCUT2D eigenvalue weighted by molar-refractivity contribution is -0.131. The van der Waals surface area contributed by atoms with Crippen LogP contribution < -0.4 is 4.90 Å². The second-order valence-corrected chi connectivity index (χ2v) is 5.91. The highest BCUT2D eigenvalue weighted by Gasteiger charge is 2.21. The molecule has 7 nitrogen and oxygen atoms in total. The fourth-order valence-electron chi connectivity index (χ4n) is 2.80. The number of carbonyl (C=O) groups is 1. The van der Waals surface area contributed by atoms with E-state index in [2.05, 4.69) is 21.1 Å². The molecule has 2 aromatic heterocycles. The zero-order valence-electron chi connectivity index (χ0n) is 13.7. The molecule has 0 aromatic carbocycles. The van der Waals surface area contributed by atoms with Crippen molar-refractivity contribution in [3.63, 3.8) is 0 Å². The van der Waals surface area contributed by atoms with Gasteiger partial charge < -0.3 is 9.80 Å². The molecule has 2 aromatic rings. The van der Waals surface area contributed by atoms with Crippen LogP contribution in [0.4, 0.5) is 5.82 Å². The van der Waals surface area contributed by atoms with Crippen LogP contribution in [0.15, 0.2) is 30.7 Å². The molecule has 0 bridgehead atoms. The van der Waals surface area contributed by atoms with Gasteiger partial charge in [-0.1, -0.05) is 0 Å². The van der Waals surface area contributed by atoms with Crippen LogP contribution in [-0.4, -0.2) is 51.8 Å². The van der Waals surface area contributed by atoms with Gasteiger partial charge in [0.15, 0.2) is 0 Å². The lowest BCUT2D eigenvalue weighted by Crippen LogP contribution is -2.49. The van der Waals surface area contributed by atoms with E-state index in [-0.39, 0.29) is 5.91 Å². The summed E-state index contributed by atoms with van der Waals surface area (Å²) in [5, 5.41) is 13.2. The van der Waals surface area contributed by atoms with E-state index < -0.39 is 0 Å². The van der Waals surface area contributed by atoms with Crippen molar-refractivity contribution in [3.05, 3.63) is 41.9 Å². The van der Waals surface area contributed by atoms with Gasteiger partial charge in [-0.3, -0.25) is 9.48 Å². The number of pyridine rings is 1. The SMILES string of the molecule is Cc1cnn(CCC(=O)N2CCN(c3cc(C#N)ccn3)CC2)c1. The minimum absolute atomic E-state index is 0.154. The molecule has 0 atom stereocenters. The first-order valence-corrected chi connectivity index (χ1v) is 8.03. The van der Waals surface area contributed by atoms with Crippen LogP contribution in [0.2, 0.25) is 0 Å². The Morgan fingerprint density at radius 3 is 2.79 bits per heavy atom. The van der Waals surface area contributed by atoms with Crippen molar-refractivity contribution in [2.24, 2.45) is 0 Å². The molecule has 1 fully saturated rings.